The van der Waals surface area contributed by atoms with Gasteiger partial charge in [0.05, 0.1) is 13.3 Å². The number of carbonyl (C=O) groups excluding carboxylic acids is 1. The largest absolute Gasteiger partial charge is 0.507 e. The molecule has 0 saturated heterocycles. The van der Waals surface area contributed by atoms with E-state index in [9.17, 15) is 9.90 Å². The summed E-state index contributed by atoms with van der Waals surface area (Å²) in [4.78, 5) is 10.6. The first kappa shape index (κ1) is 11.5. The van der Waals surface area contributed by atoms with Crippen LogP contribution >= 0.6 is 15.9 Å². The van der Waals surface area contributed by atoms with Crippen molar-refractivity contribution in [2.45, 2.75) is 0 Å². The van der Waals surface area contributed by atoms with Gasteiger partial charge in [0.2, 0.25) is 0 Å². The lowest BCUT2D eigenvalue weighted by Gasteiger charge is -1.99. The summed E-state index contributed by atoms with van der Waals surface area (Å²) in [5.41, 5.74) is 2.60. The highest BCUT2D eigenvalue weighted by Crippen LogP contribution is 2.19. The van der Waals surface area contributed by atoms with Gasteiger partial charge in [-0.05, 0) is 18.2 Å². The van der Waals surface area contributed by atoms with Crippen molar-refractivity contribution in [1.82, 2.24) is 5.43 Å². The van der Waals surface area contributed by atoms with Gasteiger partial charge in [0, 0.05) is 10.0 Å². The minimum atomic E-state index is -0.666. The van der Waals surface area contributed by atoms with Crippen LogP contribution in [0.3, 0.4) is 0 Å². The van der Waals surface area contributed by atoms with Gasteiger partial charge < -0.3 is 9.84 Å². The number of benzene rings is 1. The standard InChI is InChI=1S/C9H9BrN2O3/c1-15-9(14)12-11-5-6-4-7(10)2-3-8(6)13/h2-5,13H,1H3,(H,12,14)/b11-5-. The van der Waals surface area contributed by atoms with Crippen molar-refractivity contribution in [3.63, 3.8) is 0 Å². The molecule has 1 aromatic carbocycles. The molecule has 2 N–H and O–H groups in total. The van der Waals surface area contributed by atoms with E-state index < -0.39 is 6.09 Å². The number of rotatable bonds is 2. The zero-order valence-corrected chi connectivity index (χ0v) is 9.48. The summed E-state index contributed by atoms with van der Waals surface area (Å²) in [7, 11) is 1.24. The van der Waals surface area contributed by atoms with Crippen molar-refractivity contribution in [2.75, 3.05) is 7.11 Å². The minimum absolute atomic E-state index is 0.0774. The molecule has 6 heteroatoms. The van der Waals surface area contributed by atoms with Gasteiger partial charge in [0.1, 0.15) is 5.75 Å². The van der Waals surface area contributed by atoms with E-state index in [-0.39, 0.29) is 5.75 Å². The van der Waals surface area contributed by atoms with Crippen LogP contribution in [-0.2, 0) is 4.74 Å². The average molecular weight is 273 g/mol. The summed E-state index contributed by atoms with van der Waals surface area (Å²) in [5, 5.41) is 13.0. The van der Waals surface area contributed by atoms with Gasteiger partial charge in [0.15, 0.2) is 0 Å². The molecule has 15 heavy (non-hydrogen) atoms. The van der Waals surface area contributed by atoms with Crippen LogP contribution in [0.25, 0.3) is 0 Å². The third kappa shape index (κ3) is 3.59. The van der Waals surface area contributed by atoms with Crippen molar-refractivity contribution < 1.29 is 14.6 Å². The SMILES string of the molecule is COC(=O)N/N=C\c1cc(Br)ccc1O. The molecule has 0 saturated carbocycles. The number of hydrogen-bond donors (Lipinski definition) is 2. The van der Waals surface area contributed by atoms with E-state index in [2.05, 4.69) is 31.2 Å². The molecule has 0 atom stereocenters. The van der Waals surface area contributed by atoms with Crippen molar-refractivity contribution in [2.24, 2.45) is 5.10 Å². The zero-order valence-electron chi connectivity index (χ0n) is 7.90. The maximum atomic E-state index is 10.6. The van der Waals surface area contributed by atoms with Crippen LogP contribution in [0, 0.1) is 0 Å². The van der Waals surface area contributed by atoms with Gasteiger partial charge in [0.25, 0.3) is 0 Å². The van der Waals surface area contributed by atoms with Gasteiger partial charge >= 0.3 is 6.09 Å². The molecule has 1 rings (SSSR count). The molecule has 80 valence electrons. The molecule has 5 nitrogen and oxygen atoms in total. The number of nitrogens with zero attached hydrogens (tertiary/aromatic N) is 1. The van der Waals surface area contributed by atoms with Crippen LogP contribution in [0.15, 0.2) is 27.8 Å². The Morgan fingerprint density at radius 1 is 1.67 bits per heavy atom. The fraction of sp³-hybridized carbons (Fsp3) is 0.111. The van der Waals surface area contributed by atoms with Gasteiger partial charge in [-0.15, -0.1) is 0 Å². The second-order valence-electron chi connectivity index (χ2n) is 2.56. The lowest BCUT2D eigenvalue weighted by Crippen LogP contribution is -2.16. The van der Waals surface area contributed by atoms with Crippen molar-refractivity contribution >= 4 is 28.2 Å². The van der Waals surface area contributed by atoms with Crippen molar-refractivity contribution in [3.8, 4) is 5.75 Å². The summed E-state index contributed by atoms with van der Waals surface area (Å²) in [5.74, 6) is 0.0774. The lowest BCUT2D eigenvalue weighted by atomic mass is 10.2. The van der Waals surface area contributed by atoms with Crippen LogP contribution in [0.2, 0.25) is 0 Å². The Kier molecular flexibility index (Phi) is 4.11. The minimum Gasteiger partial charge on any atom is -0.507 e. The number of carbonyl (C=O) groups is 1. The zero-order chi connectivity index (χ0) is 11.3. The van der Waals surface area contributed by atoms with Crippen LogP contribution < -0.4 is 5.43 Å². The lowest BCUT2D eigenvalue weighted by molar-refractivity contribution is 0.171. The molecule has 0 bridgehead atoms. The van der Waals surface area contributed by atoms with E-state index in [0.717, 1.165) is 4.47 Å². The third-order valence-electron chi connectivity index (χ3n) is 1.53. The number of hydrazone groups is 1. The molecule has 1 aromatic rings. The predicted octanol–water partition coefficient (Wildman–Crippen LogP) is 1.84. The summed E-state index contributed by atoms with van der Waals surface area (Å²) in [6.07, 6.45) is 0.650. The highest BCUT2D eigenvalue weighted by Gasteiger charge is 1.99. The van der Waals surface area contributed by atoms with Gasteiger partial charge in [-0.1, -0.05) is 15.9 Å². The molecule has 0 aliphatic rings. The Hall–Kier alpha value is -1.56. The van der Waals surface area contributed by atoms with Gasteiger partial charge in [-0.3, -0.25) is 0 Å². The molecule has 0 aliphatic carbocycles. The average Bonchev–Trinajstić information content (AvgIpc) is 2.23. The van der Waals surface area contributed by atoms with Crippen LogP contribution in [0.1, 0.15) is 5.56 Å². The molecule has 0 aromatic heterocycles. The monoisotopic (exact) mass is 272 g/mol. The smallest absolute Gasteiger partial charge is 0.427 e. The first-order chi connectivity index (χ1) is 7.13. The van der Waals surface area contributed by atoms with Crippen molar-refractivity contribution in [1.29, 1.82) is 0 Å². The number of aromatic hydroxyl groups is 1. The molecule has 0 radical (unpaired) electrons. The summed E-state index contributed by atoms with van der Waals surface area (Å²) < 4.78 is 5.11. The highest BCUT2D eigenvalue weighted by molar-refractivity contribution is 9.10. The van der Waals surface area contributed by atoms with E-state index in [1.54, 1.807) is 12.1 Å². The second kappa shape index (κ2) is 5.35. The van der Waals surface area contributed by atoms with E-state index in [1.807, 2.05) is 0 Å². The predicted molar refractivity (Wildman–Crippen MR) is 58.9 cm³/mol. The Bertz CT molecular complexity index is 393. The number of halogens is 1. The maximum Gasteiger partial charge on any atom is 0.427 e. The first-order valence-corrected chi connectivity index (χ1v) is 4.78. The number of amides is 1. The molecule has 0 heterocycles. The normalized spacial score (nSPS) is 10.3. The molecule has 0 aliphatic heterocycles. The van der Waals surface area contributed by atoms with E-state index in [1.165, 1.54) is 19.4 Å². The van der Waals surface area contributed by atoms with Crippen LogP contribution in [0.5, 0.6) is 5.75 Å². The molecule has 0 unspecified atom stereocenters. The van der Waals surface area contributed by atoms with E-state index in [0.29, 0.717) is 5.56 Å². The summed E-state index contributed by atoms with van der Waals surface area (Å²) in [6, 6.07) is 4.88. The Labute approximate surface area is 94.9 Å². The Morgan fingerprint density at radius 3 is 3.07 bits per heavy atom. The number of phenols is 1. The van der Waals surface area contributed by atoms with E-state index >= 15 is 0 Å². The van der Waals surface area contributed by atoms with Gasteiger partial charge in [-0.2, -0.15) is 5.10 Å². The van der Waals surface area contributed by atoms with E-state index in [4.69, 9.17) is 0 Å². The summed E-state index contributed by atoms with van der Waals surface area (Å²) >= 11 is 3.25. The van der Waals surface area contributed by atoms with Crippen LogP contribution in [-0.4, -0.2) is 24.5 Å². The maximum absolute atomic E-state index is 10.6. The fourth-order valence-electron chi connectivity index (χ4n) is 0.829. The number of methoxy groups -OCH3 is 1. The third-order valence-corrected chi connectivity index (χ3v) is 2.03. The highest BCUT2D eigenvalue weighted by atomic mass is 79.9. The number of nitrogens with one attached hydrogen (secondary N) is 1. The molecular formula is C9H9BrN2O3. The number of hydrogen-bond acceptors (Lipinski definition) is 4. The second-order valence-corrected chi connectivity index (χ2v) is 3.48. The molecule has 0 fully saturated rings. The first-order valence-electron chi connectivity index (χ1n) is 3.99. The quantitative estimate of drug-likeness (QED) is 0.638. The van der Waals surface area contributed by atoms with Crippen molar-refractivity contribution in [3.05, 3.63) is 28.2 Å². The molecule has 0 spiro atoms. The Balaban J connectivity index is 2.71. The van der Waals surface area contributed by atoms with Gasteiger partial charge in [-0.25, -0.2) is 10.2 Å². The number of ether oxygens (including phenoxy) is 1. The Morgan fingerprint density at radius 2 is 2.40 bits per heavy atom. The molecule has 1 amide bonds. The summed E-state index contributed by atoms with van der Waals surface area (Å²) in [6.45, 7) is 0. The topological polar surface area (TPSA) is 70.9 Å². The fourth-order valence-corrected chi connectivity index (χ4v) is 1.21. The molecular weight excluding hydrogens is 264 g/mol. The number of phenolic OH excluding ortho intramolecular Hbond substituents is 1. The van der Waals surface area contributed by atoms with Crippen LogP contribution in [0.4, 0.5) is 4.79 Å².